The summed E-state index contributed by atoms with van der Waals surface area (Å²) in [6, 6.07) is 0. The Morgan fingerprint density at radius 1 is 0.490 bits per heavy atom. The Balaban J connectivity index is 7.30. The first-order chi connectivity index (χ1) is 21.9. The highest BCUT2D eigenvalue weighted by atomic mass is 28.5. The van der Waals surface area contributed by atoms with Crippen LogP contribution in [0.25, 0.3) is 0 Å². The Hall–Kier alpha value is 0.498. The van der Waals surface area contributed by atoms with Crippen LogP contribution in [0.15, 0.2) is 36.8 Å². The van der Waals surface area contributed by atoms with E-state index in [2.05, 4.69) is 170 Å². The highest BCUT2D eigenvalue weighted by Gasteiger charge is 2.60. The molecule has 0 aromatic heterocycles. The molecule has 6 nitrogen and oxygen atoms in total. The Bertz CT molecular complexity index is 1020. The van der Waals surface area contributed by atoms with Crippen molar-refractivity contribution in [3.63, 3.8) is 0 Å². The summed E-state index contributed by atoms with van der Waals surface area (Å²) >= 11 is 0. The minimum Gasteiger partial charge on any atom is -0.414 e. The second kappa shape index (κ2) is 18.2. The fourth-order valence-electron chi connectivity index (χ4n) is 6.57. The van der Waals surface area contributed by atoms with Gasteiger partial charge in [0, 0.05) is 23.7 Å². The van der Waals surface area contributed by atoms with Crippen molar-refractivity contribution in [2.75, 3.05) is 0 Å². The van der Waals surface area contributed by atoms with Gasteiger partial charge in [-0.2, -0.15) is 0 Å². The number of hydrogen-bond acceptors (Lipinski definition) is 6. The molecule has 0 saturated heterocycles. The highest BCUT2D eigenvalue weighted by molar-refractivity contribution is 6.86. The molecule has 0 aliphatic rings. The zero-order valence-corrected chi connectivity index (χ0v) is 43.1. The van der Waals surface area contributed by atoms with Gasteiger partial charge >= 0.3 is 17.4 Å². The second-order valence-electron chi connectivity index (χ2n) is 17.9. The van der Waals surface area contributed by atoms with Gasteiger partial charge in [0.2, 0.25) is 16.6 Å². The summed E-state index contributed by atoms with van der Waals surface area (Å²) in [5, 5.41) is -1.16. The molecular formula is C36H82O6Si7. The van der Waals surface area contributed by atoms with Crippen LogP contribution in [-0.2, 0) is 26.2 Å². The summed E-state index contributed by atoms with van der Waals surface area (Å²) in [5.41, 5.74) is 6.85. The molecule has 0 N–H and O–H groups in total. The summed E-state index contributed by atoms with van der Waals surface area (Å²) in [6.45, 7) is 57.8. The third-order valence-electron chi connectivity index (χ3n) is 11.6. The lowest BCUT2D eigenvalue weighted by Crippen LogP contribution is -2.70. The van der Waals surface area contributed by atoms with Crippen molar-refractivity contribution in [1.82, 2.24) is 0 Å². The van der Waals surface area contributed by atoms with Gasteiger partial charge in [0.05, 0.1) is 10.4 Å². The first-order valence-electron chi connectivity index (χ1n) is 19.0. The minimum atomic E-state index is -3.48. The van der Waals surface area contributed by atoms with Gasteiger partial charge in [0.25, 0.3) is 0 Å². The van der Waals surface area contributed by atoms with E-state index in [1.807, 2.05) is 0 Å². The van der Waals surface area contributed by atoms with Crippen LogP contribution in [0.2, 0.25) is 85.1 Å². The van der Waals surface area contributed by atoms with Crippen LogP contribution in [-0.4, -0.2) is 85.9 Å². The minimum absolute atomic E-state index is 0.0937. The van der Waals surface area contributed by atoms with Gasteiger partial charge in [-0.15, -0.1) is 19.7 Å². The lowest BCUT2D eigenvalue weighted by Gasteiger charge is -2.53. The van der Waals surface area contributed by atoms with E-state index in [1.165, 1.54) is 0 Å². The van der Waals surface area contributed by atoms with Crippen molar-refractivity contribution in [1.29, 1.82) is 0 Å². The monoisotopic (exact) mass is 806 g/mol. The predicted molar refractivity (Wildman–Crippen MR) is 233 cm³/mol. The van der Waals surface area contributed by atoms with Gasteiger partial charge in [-0.05, 0) is 85.2 Å². The van der Waals surface area contributed by atoms with Crippen LogP contribution in [0.3, 0.4) is 0 Å². The third-order valence-corrected chi connectivity index (χ3v) is 36.2. The standard InChI is InChI=1S/C36H82O6Si7/c1-24-32(43(11,12)29-6)37-46(17,18)35(9,27-4)40-49(23,42-48(21,22)39-34(26-3)45(15,16)31-8)41-36(10,28-5)47(19,20)38-33(25-2)44(13,14)30-7/h29-34H,6-8,24-28H2,1-5,9-23H3. The Morgan fingerprint density at radius 2 is 0.755 bits per heavy atom. The van der Waals surface area contributed by atoms with Crippen molar-refractivity contribution in [3.8, 4) is 0 Å². The molecule has 290 valence electrons. The molecule has 0 aliphatic carbocycles. The van der Waals surface area contributed by atoms with Crippen LogP contribution >= 0.6 is 0 Å². The van der Waals surface area contributed by atoms with E-state index in [1.54, 1.807) is 0 Å². The molecule has 0 aliphatic heterocycles. The van der Waals surface area contributed by atoms with Crippen molar-refractivity contribution in [3.05, 3.63) is 36.8 Å². The molecule has 0 aromatic rings. The van der Waals surface area contributed by atoms with E-state index in [0.29, 0.717) is 0 Å². The number of rotatable bonds is 25. The molecule has 0 fully saturated rings. The Morgan fingerprint density at radius 3 is 0.980 bits per heavy atom. The molecule has 5 atom stereocenters. The molecule has 5 unspecified atom stereocenters. The van der Waals surface area contributed by atoms with Crippen LogP contribution in [0.5, 0.6) is 0 Å². The van der Waals surface area contributed by atoms with Crippen molar-refractivity contribution < 1.29 is 26.2 Å². The first-order valence-corrected chi connectivity index (χ1v) is 39.3. The van der Waals surface area contributed by atoms with Crippen LogP contribution in [0, 0.1) is 0 Å². The molecular weight excluding hydrogens is 725 g/mol. The summed E-state index contributed by atoms with van der Waals surface area (Å²) in [5.74, 6) is 0. The average molecular weight is 808 g/mol. The normalized spacial score (nSPS) is 19.6. The molecule has 49 heavy (non-hydrogen) atoms. The fraction of sp³-hybridized carbons (Fsp3) is 0.833. The van der Waals surface area contributed by atoms with Crippen molar-refractivity contribution >= 4 is 58.2 Å². The average Bonchev–Trinajstić information content (AvgIpc) is 2.99. The Labute approximate surface area is 313 Å². The molecule has 0 spiro atoms. The topological polar surface area (TPSA) is 55.4 Å². The van der Waals surface area contributed by atoms with Crippen molar-refractivity contribution in [2.24, 2.45) is 0 Å². The zero-order chi connectivity index (χ0) is 39.1. The third kappa shape index (κ3) is 12.8. The van der Waals surface area contributed by atoms with Gasteiger partial charge in [-0.25, -0.2) is 0 Å². The van der Waals surface area contributed by atoms with Crippen LogP contribution in [0.4, 0.5) is 0 Å². The van der Waals surface area contributed by atoms with E-state index < -0.39 is 68.7 Å². The highest BCUT2D eigenvalue weighted by Crippen LogP contribution is 2.41. The Kier molecular flexibility index (Phi) is 18.4. The zero-order valence-electron chi connectivity index (χ0n) is 36.1. The van der Waals surface area contributed by atoms with E-state index in [-0.39, 0.29) is 17.2 Å². The summed E-state index contributed by atoms with van der Waals surface area (Å²) in [6.07, 6.45) is 4.37. The fourth-order valence-corrected chi connectivity index (χ4v) is 30.7. The molecule has 0 saturated carbocycles. The SMILES string of the molecule is C=C[Si](C)(C)C(CC)O[Si](C)(C)O[Si](C)(OC(C)(CC)[Si](C)(C)OC(CC)[Si](C)(C)C=C)OC(C)(CC)[Si](C)(C)OC(CC)[Si](C)(C)C=C. The first kappa shape index (κ1) is 49.5. The molecule has 0 amide bonds. The molecule has 13 heteroatoms. The molecule has 0 bridgehead atoms. The molecule has 0 heterocycles. The maximum atomic E-state index is 7.53. The van der Waals surface area contributed by atoms with E-state index >= 15 is 0 Å². The molecule has 0 rings (SSSR count). The molecule has 0 radical (unpaired) electrons. The summed E-state index contributed by atoms with van der Waals surface area (Å²) in [4.78, 5) is 0. The maximum Gasteiger partial charge on any atom is 0.489 e. The van der Waals surface area contributed by atoms with Crippen LogP contribution < -0.4 is 0 Å². The quantitative estimate of drug-likeness (QED) is 0.0857. The van der Waals surface area contributed by atoms with Gasteiger partial charge < -0.3 is 26.2 Å². The van der Waals surface area contributed by atoms with Gasteiger partial charge in [-0.3, -0.25) is 0 Å². The lowest BCUT2D eigenvalue weighted by atomic mass is 10.3. The van der Waals surface area contributed by atoms with E-state index in [4.69, 9.17) is 26.2 Å². The largest absolute Gasteiger partial charge is 0.489 e. The molecule has 0 aromatic carbocycles. The summed E-state index contributed by atoms with van der Waals surface area (Å²) in [7, 11) is -16.9. The van der Waals surface area contributed by atoms with Crippen molar-refractivity contribution in [2.45, 2.75) is 193 Å². The second-order valence-corrected chi connectivity index (χ2v) is 46.6. The van der Waals surface area contributed by atoms with Gasteiger partial charge in [0.1, 0.15) is 24.2 Å². The maximum absolute atomic E-state index is 7.53. The summed E-state index contributed by atoms with van der Waals surface area (Å²) < 4.78 is 43.9. The van der Waals surface area contributed by atoms with E-state index in [0.717, 1.165) is 32.1 Å². The smallest absolute Gasteiger partial charge is 0.414 e. The van der Waals surface area contributed by atoms with E-state index in [9.17, 15) is 0 Å². The van der Waals surface area contributed by atoms with Gasteiger partial charge in [-0.1, -0.05) is 91.0 Å². The van der Waals surface area contributed by atoms with Crippen LogP contribution in [0.1, 0.15) is 80.6 Å². The number of hydrogen-bond donors (Lipinski definition) is 0. The van der Waals surface area contributed by atoms with Gasteiger partial charge in [0.15, 0.2) is 0 Å². The lowest BCUT2D eigenvalue weighted by molar-refractivity contribution is -0.0192. The predicted octanol–water partition coefficient (Wildman–Crippen LogP) is 11.4.